The molecule has 1 heterocycles. The number of rotatable bonds is 2. The van der Waals surface area contributed by atoms with Crippen LogP contribution in [0.3, 0.4) is 0 Å². The molecule has 0 radical (unpaired) electrons. The van der Waals surface area contributed by atoms with E-state index in [0.717, 1.165) is 30.0 Å². The third-order valence-electron chi connectivity index (χ3n) is 2.74. The number of phenols is 1. The number of nitrogens with one attached hydrogen (secondary N) is 1. The number of thioether (sulfide) groups is 1. The Labute approximate surface area is 88.7 Å². The average Bonchev–Trinajstić information content (AvgIpc) is 2.70. The molecule has 3 heteroatoms. The SMILES string of the molecule is CSc1ccc(C2CCNC2)c(O)c1. The number of hydrogen-bond acceptors (Lipinski definition) is 3. The topological polar surface area (TPSA) is 32.3 Å². The fourth-order valence-electron chi connectivity index (χ4n) is 1.92. The molecule has 0 saturated carbocycles. The Morgan fingerprint density at radius 3 is 2.93 bits per heavy atom. The highest BCUT2D eigenvalue weighted by atomic mass is 32.2. The molecule has 0 amide bonds. The van der Waals surface area contributed by atoms with Crippen molar-refractivity contribution in [2.75, 3.05) is 19.3 Å². The molecule has 2 nitrogen and oxygen atoms in total. The zero-order valence-corrected chi connectivity index (χ0v) is 9.10. The molecule has 0 aromatic heterocycles. The van der Waals surface area contributed by atoms with Crippen molar-refractivity contribution >= 4 is 11.8 Å². The molecule has 1 unspecified atom stereocenters. The van der Waals surface area contributed by atoms with Gasteiger partial charge in [0.05, 0.1) is 0 Å². The summed E-state index contributed by atoms with van der Waals surface area (Å²) >= 11 is 1.66. The first-order chi connectivity index (χ1) is 6.81. The van der Waals surface area contributed by atoms with E-state index in [1.54, 1.807) is 11.8 Å². The molecule has 1 aromatic rings. The molecular formula is C11H15NOS. The Balaban J connectivity index is 2.25. The quantitative estimate of drug-likeness (QED) is 0.732. The molecule has 0 spiro atoms. The monoisotopic (exact) mass is 209 g/mol. The molecule has 1 saturated heterocycles. The van der Waals surface area contributed by atoms with Gasteiger partial charge < -0.3 is 10.4 Å². The lowest BCUT2D eigenvalue weighted by atomic mass is 9.98. The second kappa shape index (κ2) is 4.24. The summed E-state index contributed by atoms with van der Waals surface area (Å²) in [6, 6.07) is 6.00. The number of aromatic hydroxyl groups is 1. The van der Waals surface area contributed by atoms with E-state index < -0.39 is 0 Å². The zero-order valence-electron chi connectivity index (χ0n) is 8.29. The molecule has 2 rings (SSSR count). The summed E-state index contributed by atoms with van der Waals surface area (Å²) < 4.78 is 0. The molecule has 1 fully saturated rings. The van der Waals surface area contributed by atoms with Gasteiger partial charge in [0.25, 0.3) is 0 Å². The van der Waals surface area contributed by atoms with Gasteiger partial charge in [-0.05, 0) is 36.9 Å². The Hall–Kier alpha value is -0.670. The normalized spacial score (nSPS) is 21.4. The molecule has 1 aliphatic rings. The van der Waals surface area contributed by atoms with Crippen LogP contribution < -0.4 is 5.32 Å². The summed E-state index contributed by atoms with van der Waals surface area (Å²) in [7, 11) is 0. The first-order valence-electron chi connectivity index (χ1n) is 4.89. The number of phenolic OH excluding ortho intramolecular Hbond substituents is 1. The number of hydrogen-bond donors (Lipinski definition) is 2. The maximum Gasteiger partial charge on any atom is 0.120 e. The highest BCUT2D eigenvalue weighted by Crippen LogP contribution is 2.32. The first kappa shape index (κ1) is 9.87. The van der Waals surface area contributed by atoms with Crippen molar-refractivity contribution in [3.63, 3.8) is 0 Å². The summed E-state index contributed by atoms with van der Waals surface area (Å²) in [5, 5.41) is 13.2. The Bertz CT molecular complexity index is 321. The Kier molecular flexibility index (Phi) is 2.99. The van der Waals surface area contributed by atoms with Crippen LogP contribution in [0.4, 0.5) is 0 Å². The van der Waals surface area contributed by atoms with Gasteiger partial charge in [-0.1, -0.05) is 6.07 Å². The third-order valence-corrected chi connectivity index (χ3v) is 3.46. The first-order valence-corrected chi connectivity index (χ1v) is 6.11. The van der Waals surface area contributed by atoms with Crippen molar-refractivity contribution in [2.24, 2.45) is 0 Å². The van der Waals surface area contributed by atoms with Crippen LogP contribution in [0.15, 0.2) is 23.1 Å². The standard InChI is InChI=1S/C11H15NOS/c1-14-9-2-3-10(11(13)6-9)8-4-5-12-7-8/h2-3,6,8,12-13H,4-5,7H2,1H3. The molecule has 2 N–H and O–H groups in total. The average molecular weight is 209 g/mol. The van der Waals surface area contributed by atoms with E-state index in [1.165, 1.54) is 0 Å². The molecular weight excluding hydrogens is 194 g/mol. The van der Waals surface area contributed by atoms with Crippen molar-refractivity contribution in [1.82, 2.24) is 5.32 Å². The van der Waals surface area contributed by atoms with Crippen LogP contribution in [0.25, 0.3) is 0 Å². The van der Waals surface area contributed by atoms with E-state index in [2.05, 4.69) is 17.4 Å². The van der Waals surface area contributed by atoms with Gasteiger partial charge >= 0.3 is 0 Å². The van der Waals surface area contributed by atoms with E-state index >= 15 is 0 Å². The summed E-state index contributed by atoms with van der Waals surface area (Å²) in [6.07, 6.45) is 3.15. The van der Waals surface area contributed by atoms with Crippen molar-refractivity contribution in [2.45, 2.75) is 17.2 Å². The van der Waals surface area contributed by atoms with Crippen molar-refractivity contribution in [3.8, 4) is 5.75 Å². The predicted octanol–water partition coefficient (Wildman–Crippen LogP) is 2.19. The van der Waals surface area contributed by atoms with Crippen molar-refractivity contribution < 1.29 is 5.11 Å². The summed E-state index contributed by atoms with van der Waals surface area (Å²) in [6.45, 7) is 2.06. The smallest absolute Gasteiger partial charge is 0.120 e. The minimum absolute atomic E-state index is 0.450. The summed E-state index contributed by atoms with van der Waals surface area (Å²) in [5.41, 5.74) is 1.09. The number of benzene rings is 1. The second-order valence-corrected chi connectivity index (χ2v) is 4.49. The lowest BCUT2D eigenvalue weighted by molar-refractivity contribution is 0.461. The van der Waals surface area contributed by atoms with Crippen LogP contribution in [-0.4, -0.2) is 24.5 Å². The van der Waals surface area contributed by atoms with E-state index in [-0.39, 0.29) is 0 Å². The largest absolute Gasteiger partial charge is 0.508 e. The highest BCUT2D eigenvalue weighted by molar-refractivity contribution is 7.98. The predicted molar refractivity (Wildman–Crippen MR) is 60.1 cm³/mol. The third kappa shape index (κ3) is 1.88. The Morgan fingerprint density at radius 2 is 2.36 bits per heavy atom. The van der Waals surface area contributed by atoms with Crippen LogP contribution in [-0.2, 0) is 0 Å². The maximum absolute atomic E-state index is 9.84. The lowest BCUT2D eigenvalue weighted by Crippen LogP contribution is -2.07. The summed E-state index contributed by atoms with van der Waals surface area (Å²) in [5.74, 6) is 0.941. The maximum atomic E-state index is 9.84. The van der Waals surface area contributed by atoms with E-state index in [4.69, 9.17) is 0 Å². The fourth-order valence-corrected chi connectivity index (χ4v) is 2.35. The molecule has 76 valence electrons. The van der Waals surface area contributed by atoms with E-state index in [1.807, 2.05) is 12.3 Å². The van der Waals surface area contributed by atoms with Gasteiger partial charge in [0.15, 0.2) is 0 Å². The van der Waals surface area contributed by atoms with Crippen molar-refractivity contribution in [1.29, 1.82) is 0 Å². The van der Waals surface area contributed by atoms with Gasteiger partial charge in [0, 0.05) is 17.4 Å². The van der Waals surface area contributed by atoms with Gasteiger partial charge in [0.2, 0.25) is 0 Å². The van der Waals surface area contributed by atoms with Gasteiger partial charge in [-0.2, -0.15) is 0 Å². The second-order valence-electron chi connectivity index (χ2n) is 3.61. The molecule has 1 aromatic carbocycles. The fraction of sp³-hybridized carbons (Fsp3) is 0.455. The van der Waals surface area contributed by atoms with Gasteiger partial charge in [-0.3, -0.25) is 0 Å². The van der Waals surface area contributed by atoms with Crippen molar-refractivity contribution in [3.05, 3.63) is 23.8 Å². The van der Waals surface area contributed by atoms with E-state index in [9.17, 15) is 5.11 Å². The van der Waals surface area contributed by atoms with Crippen LogP contribution in [0.1, 0.15) is 17.9 Å². The minimum atomic E-state index is 0.450. The zero-order chi connectivity index (χ0) is 9.97. The van der Waals surface area contributed by atoms with Crippen LogP contribution in [0.2, 0.25) is 0 Å². The van der Waals surface area contributed by atoms with E-state index in [0.29, 0.717) is 11.7 Å². The minimum Gasteiger partial charge on any atom is -0.508 e. The van der Waals surface area contributed by atoms with Crippen LogP contribution in [0, 0.1) is 0 Å². The molecule has 0 aliphatic carbocycles. The molecule has 1 aliphatic heterocycles. The van der Waals surface area contributed by atoms with Crippen LogP contribution in [0.5, 0.6) is 5.75 Å². The lowest BCUT2D eigenvalue weighted by Gasteiger charge is -2.11. The summed E-state index contributed by atoms with van der Waals surface area (Å²) in [4.78, 5) is 1.12. The molecule has 1 atom stereocenters. The van der Waals surface area contributed by atoms with Crippen LogP contribution >= 0.6 is 11.8 Å². The molecule has 14 heavy (non-hydrogen) atoms. The van der Waals surface area contributed by atoms with Gasteiger partial charge in [0.1, 0.15) is 5.75 Å². The molecule has 0 bridgehead atoms. The van der Waals surface area contributed by atoms with Gasteiger partial charge in [-0.15, -0.1) is 11.8 Å². The van der Waals surface area contributed by atoms with Gasteiger partial charge in [-0.25, -0.2) is 0 Å². The Morgan fingerprint density at radius 1 is 1.50 bits per heavy atom. The highest BCUT2D eigenvalue weighted by Gasteiger charge is 2.19.